The van der Waals surface area contributed by atoms with Crippen molar-refractivity contribution < 1.29 is 18.6 Å². The van der Waals surface area contributed by atoms with Crippen molar-refractivity contribution in [3.05, 3.63) is 34.9 Å². The van der Waals surface area contributed by atoms with E-state index < -0.39 is 17.7 Å². The average molecular weight is 256 g/mol. The summed E-state index contributed by atoms with van der Waals surface area (Å²) in [6.45, 7) is -0.0542. The van der Waals surface area contributed by atoms with E-state index in [9.17, 15) is 8.78 Å². The molecule has 0 fully saturated rings. The Morgan fingerprint density at radius 3 is 2.50 bits per heavy atom. The minimum Gasteiger partial charge on any atom is -0.395 e. The van der Waals surface area contributed by atoms with Crippen LogP contribution >= 0.6 is 0 Å². The fourth-order valence-electron chi connectivity index (χ4n) is 1.46. The number of hydrogen-bond acceptors (Lipinski definition) is 4. The molecule has 0 aliphatic rings. The Balaban J connectivity index is 2.76. The van der Waals surface area contributed by atoms with Crippen molar-refractivity contribution in [3.8, 4) is 6.07 Å². The lowest BCUT2D eigenvalue weighted by Gasteiger charge is -2.15. The number of halogens is 2. The van der Waals surface area contributed by atoms with E-state index in [4.69, 9.17) is 15.1 Å². The number of aliphatic hydroxyl groups excluding tert-OH is 1. The third-order valence-corrected chi connectivity index (χ3v) is 2.43. The number of hydrogen-bond donors (Lipinski definition) is 2. The standard InChI is InChI=1S/C12H14F2N2O2/c1-18-7-9(6-17)16-5-10-11(13)2-8(4-15)3-12(10)14/h2-3,9,16-17H,5-7H2,1H3. The predicted octanol–water partition coefficient (Wildman–Crippen LogP) is 0.933. The molecule has 0 amide bonds. The Bertz CT molecular complexity index is 423. The number of nitrogens with one attached hydrogen (secondary N) is 1. The molecule has 0 saturated heterocycles. The van der Waals surface area contributed by atoms with Crippen LogP contribution in [0.15, 0.2) is 12.1 Å². The van der Waals surface area contributed by atoms with Gasteiger partial charge in [0.25, 0.3) is 0 Å². The van der Waals surface area contributed by atoms with Crippen molar-refractivity contribution in [1.82, 2.24) is 5.32 Å². The zero-order valence-electron chi connectivity index (χ0n) is 9.91. The van der Waals surface area contributed by atoms with Gasteiger partial charge in [0, 0.05) is 19.2 Å². The van der Waals surface area contributed by atoms with Gasteiger partial charge in [-0.2, -0.15) is 5.26 Å². The second-order valence-electron chi connectivity index (χ2n) is 3.75. The van der Waals surface area contributed by atoms with Crippen molar-refractivity contribution in [3.63, 3.8) is 0 Å². The second-order valence-corrected chi connectivity index (χ2v) is 3.75. The summed E-state index contributed by atoms with van der Waals surface area (Å²) in [7, 11) is 1.47. The Morgan fingerprint density at radius 1 is 1.44 bits per heavy atom. The van der Waals surface area contributed by atoms with Crippen molar-refractivity contribution in [1.29, 1.82) is 5.26 Å². The van der Waals surface area contributed by atoms with Gasteiger partial charge in [-0.1, -0.05) is 0 Å². The lowest BCUT2D eigenvalue weighted by atomic mass is 10.1. The Labute approximate surface area is 104 Å². The number of benzene rings is 1. The number of aliphatic hydroxyl groups is 1. The summed E-state index contributed by atoms with van der Waals surface area (Å²) in [5, 5.41) is 20.3. The van der Waals surface area contributed by atoms with Crippen LogP contribution in [0.2, 0.25) is 0 Å². The highest BCUT2D eigenvalue weighted by atomic mass is 19.1. The molecule has 1 aromatic carbocycles. The van der Waals surface area contributed by atoms with Gasteiger partial charge in [0.1, 0.15) is 11.6 Å². The van der Waals surface area contributed by atoms with Crippen LogP contribution in [0.5, 0.6) is 0 Å². The Kier molecular flexibility index (Phi) is 5.65. The van der Waals surface area contributed by atoms with Crippen LogP contribution in [0.4, 0.5) is 8.78 Å². The predicted molar refractivity (Wildman–Crippen MR) is 60.7 cm³/mol. The van der Waals surface area contributed by atoms with Crippen molar-refractivity contribution in [2.75, 3.05) is 20.3 Å². The molecular formula is C12H14F2N2O2. The topological polar surface area (TPSA) is 65.3 Å². The molecule has 0 saturated carbocycles. The molecule has 1 unspecified atom stereocenters. The van der Waals surface area contributed by atoms with Crippen molar-refractivity contribution in [2.24, 2.45) is 0 Å². The van der Waals surface area contributed by atoms with Crippen LogP contribution in [0.1, 0.15) is 11.1 Å². The summed E-state index contributed by atoms with van der Waals surface area (Å²) in [4.78, 5) is 0. The van der Waals surface area contributed by atoms with Crippen LogP contribution in [0.3, 0.4) is 0 Å². The van der Waals surface area contributed by atoms with Gasteiger partial charge >= 0.3 is 0 Å². The van der Waals surface area contributed by atoms with Gasteiger partial charge in [0.2, 0.25) is 0 Å². The number of methoxy groups -OCH3 is 1. The largest absolute Gasteiger partial charge is 0.395 e. The maximum Gasteiger partial charge on any atom is 0.131 e. The minimum absolute atomic E-state index is 0.0654. The van der Waals surface area contributed by atoms with Crippen molar-refractivity contribution >= 4 is 0 Å². The van der Waals surface area contributed by atoms with E-state index in [-0.39, 0.29) is 30.9 Å². The fourth-order valence-corrected chi connectivity index (χ4v) is 1.46. The Hall–Kier alpha value is -1.55. The molecular weight excluding hydrogens is 242 g/mol. The summed E-state index contributed by atoms with van der Waals surface area (Å²) in [5.41, 5.74) is -0.229. The van der Waals surface area contributed by atoms with E-state index in [1.54, 1.807) is 6.07 Å². The van der Waals surface area contributed by atoms with Crippen LogP contribution in [0, 0.1) is 23.0 Å². The van der Waals surface area contributed by atoms with Crippen molar-refractivity contribution in [2.45, 2.75) is 12.6 Å². The smallest absolute Gasteiger partial charge is 0.131 e. The van der Waals surface area contributed by atoms with Gasteiger partial charge in [-0.05, 0) is 12.1 Å². The number of nitrogens with zero attached hydrogens (tertiary/aromatic N) is 1. The molecule has 1 aromatic rings. The third-order valence-electron chi connectivity index (χ3n) is 2.43. The van der Waals surface area contributed by atoms with E-state index in [1.165, 1.54) is 7.11 Å². The molecule has 98 valence electrons. The van der Waals surface area contributed by atoms with E-state index in [1.807, 2.05) is 0 Å². The quantitative estimate of drug-likeness (QED) is 0.794. The van der Waals surface area contributed by atoms with E-state index >= 15 is 0 Å². The number of nitriles is 1. The molecule has 2 N–H and O–H groups in total. The highest BCUT2D eigenvalue weighted by Gasteiger charge is 2.13. The first kappa shape index (κ1) is 14.5. The summed E-state index contributed by atoms with van der Waals surface area (Å²) < 4.78 is 31.9. The zero-order valence-corrected chi connectivity index (χ0v) is 9.91. The van der Waals surface area contributed by atoms with Gasteiger partial charge < -0.3 is 15.2 Å². The average Bonchev–Trinajstić information content (AvgIpc) is 2.36. The molecule has 0 aromatic heterocycles. The maximum absolute atomic E-state index is 13.5. The SMILES string of the molecule is COCC(CO)NCc1c(F)cc(C#N)cc1F. The van der Waals surface area contributed by atoms with Gasteiger partial charge in [0.05, 0.1) is 30.9 Å². The van der Waals surface area contributed by atoms with E-state index in [0.29, 0.717) is 0 Å². The van der Waals surface area contributed by atoms with E-state index in [2.05, 4.69) is 5.32 Å². The zero-order chi connectivity index (χ0) is 13.5. The first-order valence-corrected chi connectivity index (χ1v) is 5.33. The van der Waals surface area contributed by atoms with Gasteiger partial charge in [-0.3, -0.25) is 0 Å². The van der Waals surface area contributed by atoms with Gasteiger partial charge in [-0.15, -0.1) is 0 Å². The molecule has 0 bridgehead atoms. The molecule has 6 heteroatoms. The molecule has 0 heterocycles. The number of ether oxygens (including phenoxy) is 1. The Morgan fingerprint density at radius 2 is 2.06 bits per heavy atom. The summed E-state index contributed by atoms with van der Waals surface area (Å²) >= 11 is 0. The van der Waals surface area contributed by atoms with Crippen LogP contribution < -0.4 is 5.32 Å². The normalized spacial score (nSPS) is 12.2. The van der Waals surface area contributed by atoms with Gasteiger partial charge in [0.15, 0.2) is 0 Å². The maximum atomic E-state index is 13.5. The van der Waals surface area contributed by atoms with Gasteiger partial charge in [-0.25, -0.2) is 8.78 Å². The second kappa shape index (κ2) is 7.01. The molecule has 0 radical (unpaired) electrons. The first-order chi connectivity index (χ1) is 8.62. The fraction of sp³-hybridized carbons (Fsp3) is 0.417. The lowest BCUT2D eigenvalue weighted by molar-refractivity contribution is 0.127. The molecule has 18 heavy (non-hydrogen) atoms. The van der Waals surface area contributed by atoms with Crippen LogP contribution in [0.25, 0.3) is 0 Å². The van der Waals surface area contributed by atoms with Crippen LogP contribution in [-0.4, -0.2) is 31.5 Å². The molecule has 1 atom stereocenters. The monoisotopic (exact) mass is 256 g/mol. The molecule has 0 aliphatic heterocycles. The summed E-state index contributed by atoms with van der Waals surface area (Å²) in [6.07, 6.45) is 0. The molecule has 0 aliphatic carbocycles. The molecule has 4 nitrogen and oxygen atoms in total. The summed E-state index contributed by atoms with van der Waals surface area (Å²) in [6, 6.07) is 3.23. The highest BCUT2D eigenvalue weighted by Crippen LogP contribution is 2.15. The van der Waals surface area contributed by atoms with Crippen LogP contribution in [-0.2, 0) is 11.3 Å². The highest BCUT2D eigenvalue weighted by molar-refractivity contribution is 5.34. The summed E-state index contributed by atoms with van der Waals surface area (Å²) in [5.74, 6) is -1.57. The molecule has 0 spiro atoms. The third kappa shape index (κ3) is 3.74. The molecule has 1 rings (SSSR count). The number of rotatable bonds is 6. The lowest BCUT2D eigenvalue weighted by Crippen LogP contribution is -2.36. The first-order valence-electron chi connectivity index (χ1n) is 5.33. The van der Waals surface area contributed by atoms with E-state index in [0.717, 1.165) is 12.1 Å². The minimum atomic E-state index is -0.784.